The molecule has 0 aliphatic carbocycles. The number of rotatable bonds is 4. The molecule has 5 heteroatoms. The number of oxazole rings is 1. The van der Waals surface area contributed by atoms with Gasteiger partial charge >= 0.3 is 0 Å². The first-order valence-electron chi connectivity index (χ1n) is 7.08. The van der Waals surface area contributed by atoms with Crippen molar-refractivity contribution in [2.45, 2.75) is 25.2 Å². The van der Waals surface area contributed by atoms with E-state index in [1.54, 1.807) is 0 Å². The Kier molecular flexibility index (Phi) is 3.69. The van der Waals surface area contributed by atoms with Crippen LogP contribution in [0.3, 0.4) is 0 Å². The van der Waals surface area contributed by atoms with Crippen LogP contribution in [-0.2, 0) is 4.79 Å². The van der Waals surface area contributed by atoms with Gasteiger partial charge in [0.2, 0.25) is 5.91 Å². The summed E-state index contributed by atoms with van der Waals surface area (Å²) in [5.74, 6) is 0.999. The van der Waals surface area contributed by atoms with Crippen LogP contribution in [0.5, 0.6) is 0 Å². The Morgan fingerprint density at radius 1 is 1.35 bits per heavy atom. The van der Waals surface area contributed by atoms with Gasteiger partial charge in [-0.05, 0) is 38.1 Å². The smallest absolute Gasteiger partial charge is 0.218 e. The summed E-state index contributed by atoms with van der Waals surface area (Å²) in [6, 6.07) is 7.86. The molecule has 0 saturated carbocycles. The van der Waals surface area contributed by atoms with Crippen molar-refractivity contribution in [3.05, 3.63) is 30.2 Å². The highest BCUT2D eigenvalue weighted by atomic mass is 16.3. The molecule has 0 unspecified atom stereocenters. The summed E-state index contributed by atoms with van der Waals surface area (Å²) >= 11 is 0. The fraction of sp³-hybridized carbons (Fsp3) is 0.467. The lowest BCUT2D eigenvalue weighted by molar-refractivity contribution is -0.118. The Hall–Kier alpha value is -1.88. The molecule has 1 aliphatic rings. The van der Waals surface area contributed by atoms with E-state index >= 15 is 0 Å². The summed E-state index contributed by atoms with van der Waals surface area (Å²) in [6.45, 7) is 2.70. The van der Waals surface area contributed by atoms with E-state index in [2.05, 4.69) is 9.88 Å². The van der Waals surface area contributed by atoms with Crippen LogP contribution in [0, 0.1) is 0 Å². The van der Waals surface area contributed by atoms with Crippen LogP contribution < -0.4 is 5.73 Å². The van der Waals surface area contributed by atoms with E-state index in [-0.39, 0.29) is 5.91 Å². The van der Waals surface area contributed by atoms with Crippen LogP contribution in [0.25, 0.3) is 11.1 Å². The largest absolute Gasteiger partial charge is 0.440 e. The minimum Gasteiger partial charge on any atom is -0.440 e. The predicted molar refractivity (Wildman–Crippen MR) is 76.2 cm³/mol. The van der Waals surface area contributed by atoms with Crippen LogP contribution in [0.4, 0.5) is 0 Å². The molecule has 20 heavy (non-hydrogen) atoms. The van der Waals surface area contributed by atoms with E-state index in [1.807, 2.05) is 24.3 Å². The highest BCUT2D eigenvalue weighted by molar-refractivity contribution is 5.74. The van der Waals surface area contributed by atoms with Gasteiger partial charge in [-0.3, -0.25) is 4.79 Å². The lowest BCUT2D eigenvalue weighted by atomic mass is 9.96. The molecule has 1 saturated heterocycles. The van der Waals surface area contributed by atoms with Crippen LogP contribution in [0.2, 0.25) is 0 Å². The van der Waals surface area contributed by atoms with Crippen LogP contribution in [0.1, 0.15) is 31.1 Å². The van der Waals surface area contributed by atoms with Crippen molar-refractivity contribution in [3.63, 3.8) is 0 Å². The summed E-state index contributed by atoms with van der Waals surface area (Å²) in [6.07, 6.45) is 2.48. The molecule has 3 rings (SSSR count). The standard InChI is InChI=1S/C15H19N3O2/c16-14(19)7-10-18-8-5-11(6-9-18)15-17-12-3-1-2-4-13(12)20-15/h1-4,11H,5-10H2,(H2,16,19). The molecule has 0 bridgehead atoms. The number of benzene rings is 1. The third-order valence-electron chi connectivity index (χ3n) is 3.92. The molecule has 5 nitrogen and oxygen atoms in total. The number of amides is 1. The van der Waals surface area contributed by atoms with Gasteiger partial charge in [-0.2, -0.15) is 0 Å². The van der Waals surface area contributed by atoms with Crippen molar-refractivity contribution >= 4 is 17.0 Å². The van der Waals surface area contributed by atoms with Crippen molar-refractivity contribution in [1.29, 1.82) is 0 Å². The van der Waals surface area contributed by atoms with Crippen molar-refractivity contribution < 1.29 is 9.21 Å². The molecule has 106 valence electrons. The molecule has 1 aromatic carbocycles. The first-order valence-corrected chi connectivity index (χ1v) is 7.08. The van der Waals surface area contributed by atoms with E-state index in [9.17, 15) is 4.79 Å². The minimum atomic E-state index is -0.230. The predicted octanol–water partition coefficient (Wildman–Crippen LogP) is 1.88. The molecule has 1 aliphatic heterocycles. The Morgan fingerprint density at radius 2 is 2.10 bits per heavy atom. The summed E-state index contributed by atoms with van der Waals surface area (Å²) < 4.78 is 5.84. The van der Waals surface area contributed by atoms with E-state index in [0.717, 1.165) is 49.5 Å². The maximum atomic E-state index is 10.8. The quantitative estimate of drug-likeness (QED) is 0.923. The number of hydrogen-bond donors (Lipinski definition) is 1. The van der Waals surface area contributed by atoms with Gasteiger partial charge in [-0.15, -0.1) is 0 Å². The molecule has 0 atom stereocenters. The summed E-state index contributed by atoms with van der Waals surface area (Å²) in [5, 5.41) is 0. The number of aromatic nitrogens is 1. The molecule has 0 spiro atoms. The molecule has 2 heterocycles. The highest BCUT2D eigenvalue weighted by Crippen LogP contribution is 2.29. The number of para-hydroxylation sites is 2. The second-order valence-electron chi connectivity index (χ2n) is 5.35. The molecular weight excluding hydrogens is 254 g/mol. The number of fused-ring (bicyclic) bond motifs is 1. The fourth-order valence-electron chi connectivity index (χ4n) is 2.74. The number of primary amides is 1. The zero-order valence-electron chi connectivity index (χ0n) is 11.4. The lowest BCUT2D eigenvalue weighted by Gasteiger charge is -2.30. The summed E-state index contributed by atoms with van der Waals surface area (Å²) in [7, 11) is 0. The lowest BCUT2D eigenvalue weighted by Crippen LogP contribution is -2.35. The van der Waals surface area contributed by atoms with Gasteiger partial charge in [0.1, 0.15) is 5.52 Å². The second kappa shape index (κ2) is 5.63. The summed E-state index contributed by atoms with van der Waals surface area (Å²) in [5.41, 5.74) is 6.97. The average molecular weight is 273 g/mol. The van der Waals surface area contributed by atoms with Crippen molar-refractivity contribution in [1.82, 2.24) is 9.88 Å². The Labute approximate surface area is 117 Å². The molecule has 2 N–H and O–H groups in total. The minimum absolute atomic E-state index is 0.230. The van der Waals surface area contributed by atoms with Crippen LogP contribution >= 0.6 is 0 Å². The molecule has 0 radical (unpaired) electrons. The van der Waals surface area contributed by atoms with E-state index in [0.29, 0.717) is 12.3 Å². The van der Waals surface area contributed by atoms with Crippen molar-refractivity contribution in [3.8, 4) is 0 Å². The molecule has 2 aromatic rings. The number of nitrogens with zero attached hydrogens (tertiary/aromatic N) is 2. The number of hydrogen-bond acceptors (Lipinski definition) is 4. The first-order chi connectivity index (χ1) is 9.72. The third-order valence-corrected chi connectivity index (χ3v) is 3.92. The highest BCUT2D eigenvalue weighted by Gasteiger charge is 2.24. The average Bonchev–Trinajstić information content (AvgIpc) is 2.89. The molecule has 1 fully saturated rings. The molecule has 1 amide bonds. The van der Waals surface area contributed by atoms with Crippen molar-refractivity contribution in [2.24, 2.45) is 5.73 Å². The van der Waals surface area contributed by atoms with Gasteiger partial charge in [-0.25, -0.2) is 4.98 Å². The maximum absolute atomic E-state index is 10.8. The van der Waals surface area contributed by atoms with Gasteiger partial charge in [-0.1, -0.05) is 12.1 Å². The van der Waals surface area contributed by atoms with Crippen molar-refractivity contribution in [2.75, 3.05) is 19.6 Å². The Balaban J connectivity index is 1.61. The van der Waals surface area contributed by atoms with E-state index < -0.39 is 0 Å². The normalized spacial score (nSPS) is 17.6. The number of carbonyl (C=O) groups is 1. The van der Waals surface area contributed by atoms with Crippen LogP contribution in [-0.4, -0.2) is 35.4 Å². The number of piperidine rings is 1. The first kappa shape index (κ1) is 13.1. The second-order valence-corrected chi connectivity index (χ2v) is 5.35. The molecular formula is C15H19N3O2. The molecule has 1 aromatic heterocycles. The zero-order chi connectivity index (χ0) is 13.9. The van der Waals surface area contributed by atoms with Gasteiger partial charge in [0.05, 0.1) is 0 Å². The topological polar surface area (TPSA) is 72.4 Å². The van der Waals surface area contributed by atoms with E-state index in [1.165, 1.54) is 0 Å². The zero-order valence-corrected chi connectivity index (χ0v) is 11.4. The number of carbonyl (C=O) groups excluding carboxylic acids is 1. The van der Waals surface area contributed by atoms with Gasteiger partial charge < -0.3 is 15.1 Å². The Bertz CT molecular complexity index is 567. The Morgan fingerprint density at radius 3 is 2.80 bits per heavy atom. The fourth-order valence-corrected chi connectivity index (χ4v) is 2.74. The van der Waals surface area contributed by atoms with Gasteiger partial charge in [0, 0.05) is 18.9 Å². The van der Waals surface area contributed by atoms with Gasteiger partial charge in [0.25, 0.3) is 0 Å². The maximum Gasteiger partial charge on any atom is 0.218 e. The summed E-state index contributed by atoms with van der Waals surface area (Å²) in [4.78, 5) is 17.7. The monoisotopic (exact) mass is 273 g/mol. The van der Waals surface area contributed by atoms with E-state index in [4.69, 9.17) is 10.2 Å². The van der Waals surface area contributed by atoms with Crippen LogP contribution in [0.15, 0.2) is 28.7 Å². The SMILES string of the molecule is NC(=O)CCN1CCC(c2nc3ccccc3o2)CC1. The number of likely N-dealkylation sites (tertiary alicyclic amines) is 1. The van der Waals surface area contributed by atoms with Gasteiger partial charge in [0.15, 0.2) is 11.5 Å². The third kappa shape index (κ3) is 2.82. The number of nitrogens with two attached hydrogens (primary N) is 1.